The van der Waals surface area contributed by atoms with E-state index in [-0.39, 0.29) is 17.5 Å². The molecule has 1 aromatic rings. The highest BCUT2D eigenvalue weighted by Crippen LogP contribution is 2.24. The van der Waals surface area contributed by atoms with Crippen LogP contribution in [0.1, 0.15) is 34.6 Å². The molecule has 0 aliphatic carbocycles. The molecule has 2 rings (SSSR count). The van der Waals surface area contributed by atoms with Crippen molar-refractivity contribution in [3.05, 3.63) is 30.3 Å². The predicted molar refractivity (Wildman–Crippen MR) is 80.3 cm³/mol. The van der Waals surface area contributed by atoms with E-state index in [1.807, 2.05) is 65.0 Å². The molecule has 1 heterocycles. The molecule has 0 atom stereocenters. The molecule has 5 heteroatoms. The van der Waals surface area contributed by atoms with Gasteiger partial charge in [0.1, 0.15) is 0 Å². The fraction of sp³-hybridized carbons (Fsp3) is 0.467. The van der Waals surface area contributed by atoms with Crippen LogP contribution in [0, 0.1) is 5.41 Å². The van der Waals surface area contributed by atoms with Crippen LogP contribution >= 0.6 is 0 Å². The first-order valence-electron chi connectivity index (χ1n) is 6.80. The highest BCUT2D eigenvalue weighted by molar-refractivity contribution is 6.01. The van der Waals surface area contributed by atoms with Gasteiger partial charge in [-0.3, -0.25) is 0 Å². The lowest BCUT2D eigenvalue weighted by atomic mass is 9.95. The molecule has 0 aromatic heterocycles. The molecule has 0 saturated heterocycles. The van der Waals surface area contributed by atoms with Crippen LogP contribution in [0.5, 0.6) is 0 Å². The number of rotatable bonds is 2. The average Bonchev–Trinajstić information content (AvgIpc) is 2.38. The fourth-order valence-corrected chi connectivity index (χ4v) is 1.77. The number of carbonyl (C=O) groups excluding carboxylic acids is 1. The van der Waals surface area contributed by atoms with Crippen LogP contribution in [0.4, 0.5) is 10.5 Å². The first-order valence-corrected chi connectivity index (χ1v) is 6.80. The number of benzene rings is 1. The molecule has 2 amide bonds. The van der Waals surface area contributed by atoms with Crippen LogP contribution in [-0.2, 0) is 0 Å². The Balaban J connectivity index is 2.41. The second-order valence-corrected chi connectivity index (χ2v) is 6.14. The molecule has 0 unspecified atom stereocenters. The number of hydrazone groups is 1. The normalized spacial score (nSPS) is 16.3. The first-order chi connectivity index (χ1) is 9.30. The Morgan fingerprint density at radius 3 is 2.20 bits per heavy atom. The van der Waals surface area contributed by atoms with Gasteiger partial charge in [0, 0.05) is 5.41 Å². The molecular weight excluding hydrogens is 252 g/mol. The number of amidine groups is 1. The zero-order chi connectivity index (χ0) is 14.9. The minimum Gasteiger partial charge on any atom is -0.244 e. The van der Waals surface area contributed by atoms with Gasteiger partial charge in [0.15, 0.2) is 5.84 Å². The standard InChI is InChI=1S/C15H21N4O/c1-11(2)18-14(20)19(12-9-7-6-8-10-12)17-13(16-18)15(3,4)5/h6-11H,1-5H3. The molecule has 1 aliphatic rings. The summed E-state index contributed by atoms with van der Waals surface area (Å²) in [6.07, 6.45) is 0. The fourth-order valence-electron chi connectivity index (χ4n) is 1.77. The Labute approximate surface area is 120 Å². The lowest BCUT2D eigenvalue weighted by Gasteiger charge is -2.36. The van der Waals surface area contributed by atoms with E-state index >= 15 is 0 Å². The van der Waals surface area contributed by atoms with Gasteiger partial charge in [0.2, 0.25) is 0 Å². The van der Waals surface area contributed by atoms with Crippen LogP contribution in [0.2, 0.25) is 0 Å². The Hall–Kier alpha value is -2.04. The predicted octanol–water partition coefficient (Wildman–Crippen LogP) is 3.22. The Morgan fingerprint density at radius 1 is 1.10 bits per heavy atom. The number of carbonyl (C=O) groups is 1. The summed E-state index contributed by atoms with van der Waals surface area (Å²) >= 11 is 0. The van der Waals surface area contributed by atoms with Gasteiger partial charge in [-0.2, -0.15) is 10.1 Å². The number of hydrogen-bond donors (Lipinski definition) is 0. The molecule has 0 fully saturated rings. The minimum absolute atomic E-state index is 0.0124. The molecule has 0 bridgehead atoms. The third-order valence-corrected chi connectivity index (χ3v) is 2.94. The number of anilines is 1. The second-order valence-electron chi connectivity index (χ2n) is 6.14. The molecular formula is C15H21N4O. The number of hydrogen-bond acceptors (Lipinski definition) is 2. The maximum absolute atomic E-state index is 12.5. The van der Waals surface area contributed by atoms with Crippen LogP contribution in [0.25, 0.3) is 0 Å². The van der Waals surface area contributed by atoms with Gasteiger partial charge in [-0.25, -0.2) is 9.80 Å². The van der Waals surface area contributed by atoms with Crippen molar-refractivity contribution in [2.75, 3.05) is 5.01 Å². The highest BCUT2D eigenvalue weighted by Gasteiger charge is 2.36. The van der Waals surface area contributed by atoms with Crippen molar-refractivity contribution in [1.82, 2.24) is 10.4 Å². The van der Waals surface area contributed by atoms with E-state index < -0.39 is 0 Å². The van der Waals surface area contributed by atoms with E-state index in [0.29, 0.717) is 5.84 Å². The summed E-state index contributed by atoms with van der Waals surface area (Å²) < 4.78 is 0. The summed E-state index contributed by atoms with van der Waals surface area (Å²) in [5.74, 6) is 0.648. The van der Waals surface area contributed by atoms with E-state index in [4.69, 9.17) is 0 Å². The molecule has 0 spiro atoms. The number of urea groups is 1. The molecule has 0 saturated carbocycles. The van der Waals surface area contributed by atoms with Crippen molar-refractivity contribution < 1.29 is 4.79 Å². The quantitative estimate of drug-likeness (QED) is 0.816. The summed E-state index contributed by atoms with van der Waals surface area (Å²) in [7, 11) is 0. The summed E-state index contributed by atoms with van der Waals surface area (Å²) in [6.45, 7) is 9.98. The highest BCUT2D eigenvalue weighted by atomic mass is 16.2. The number of amides is 2. The Morgan fingerprint density at radius 2 is 1.70 bits per heavy atom. The van der Waals surface area contributed by atoms with E-state index in [0.717, 1.165) is 5.69 Å². The molecule has 1 aliphatic heterocycles. The summed E-state index contributed by atoms with van der Waals surface area (Å²) in [4.78, 5) is 12.5. The van der Waals surface area contributed by atoms with Gasteiger partial charge >= 0.3 is 6.03 Å². The SMILES string of the molecule is CC(C)N1N=C(C(C)(C)C)[N]N(c2ccccc2)C1=O. The largest absolute Gasteiger partial charge is 0.365 e. The average molecular weight is 273 g/mol. The first kappa shape index (κ1) is 14.4. The topological polar surface area (TPSA) is 50.0 Å². The molecule has 1 radical (unpaired) electrons. The van der Waals surface area contributed by atoms with Gasteiger partial charge in [0.25, 0.3) is 0 Å². The summed E-state index contributed by atoms with van der Waals surface area (Å²) in [5, 5.41) is 7.31. The van der Waals surface area contributed by atoms with Gasteiger partial charge < -0.3 is 0 Å². The number of nitrogens with zero attached hydrogens (tertiary/aromatic N) is 4. The minimum atomic E-state index is -0.223. The van der Waals surface area contributed by atoms with Crippen LogP contribution < -0.4 is 10.4 Å². The maximum Gasteiger partial charge on any atom is 0.365 e. The van der Waals surface area contributed by atoms with Crippen molar-refractivity contribution >= 4 is 17.6 Å². The smallest absolute Gasteiger partial charge is 0.244 e. The third-order valence-electron chi connectivity index (χ3n) is 2.94. The monoisotopic (exact) mass is 273 g/mol. The second kappa shape index (κ2) is 5.15. The summed E-state index contributed by atoms with van der Waals surface area (Å²) in [5.41, 5.74) is 4.96. The van der Waals surface area contributed by atoms with Crippen molar-refractivity contribution in [3.8, 4) is 0 Å². The van der Waals surface area contributed by atoms with E-state index in [1.54, 1.807) is 0 Å². The Bertz CT molecular complexity index is 516. The van der Waals surface area contributed by atoms with Crippen molar-refractivity contribution in [2.24, 2.45) is 10.5 Å². The molecule has 0 N–H and O–H groups in total. The van der Waals surface area contributed by atoms with E-state index in [1.165, 1.54) is 10.0 Å². The van der Waals surface area contributed by atoms with Crippen molar-refractivity contribution in [2.45, 2.75) is 40.7 Å². The lowest BCUT2D eigenvalue weighted by Crippen LogP contribution is -2.56. The van der Waals surface area contributed by atoms with Crippen LogP contribution in [-0.4, -0.2) is 22.9 Å². The Kier molecular flexibility index (Phi) is 3.70. The van der Waals surface area contributed by atoms with Gasteiger partial charge in [0.05, 0.1) is 11.7 Å². The van der Waals surface area contributed by atoms with Gasteiger partial charge in [-0.1, -0.05) is 39.0 Å². The molecule has 1 aromatic carbocycles. The third kappa shape index (κ3) is 2.76. The molecule has 5 nitrogen and oxygen atoms in total. The summed E-state index contributed by atoms with van der Waals surface area (Å²) in [6, 6.07) is 9.19. The van der Waals surface area contributed by atoms with Crippen LogP contribution in [0.3, 0.4) is 0 Å². The zero-order valence-corrected chi connectivity index (χ0v) is 12.7. The van der Waals surface area contributed by atoms with E-state index in [9.17, 15) is 4.79 Å². The van der Waals surface area contributed by atoms with Gasteiger partial charge in [-0.15, -0.1) is 5.43 Å². The zero-order valence-electron chi connectivity index (χ0n) is 12.7. The number of para-hydroxylation sites is 1. The van der Waals surface area contributed by atoms with Crippen molar-refractivity contribution in [3.63, 3.8) is 0 Å². The van der Waals surface area contributed by atoms with Gasteiger partial charge in [-0.05, 0) is 26.0 Å². The maximum atomic E-state index is 12.5. The lowest BCUT2D eigenvalue weighted by molar-refractivity contribution is 0.184. The van der Waals surface area contributed by atoms with E-state index in [2.05, 4.69) is 10.5 Å². The molecule has 20 heavy (non-hydrogen) atoms. The van der Waals surface area contributed by atoms with Crippen molar-refractivity contribution in [1.29, 1.82) is 0 Å². The van der Waals surface area contributed by atoms with Crippen LogP contribution in [0.15, 0.2) is 35.4 Å². The molecule has 107 valence electrons.